The molecule has 0 fully saturated rings. The average Bonchev–Trinajstić information content (AvgIpc) is 2.72. The number of alkyl halides is 4. The maximum absolute atomic E-state index is 13.1. The largest absolute Gasteiger partial charge is 0.493 e. The Morgan fingerprint density at radius 1 is 1.20 bits per heavy atom. The number of aliphatic hydroxyl groups is 1. The number of carbonyl (C=O) groups is 1. The fourth-order valence-electron chi connectivity index (χ4n) is 2.77. The maximum Gasteiger partial charge on any atom is 0.417 e. The molecule has 1 aliphatic heterocycles. The summed E-state index contributed by atoms with van der Waals surface area (Å²) in [5, 5.41) is 10.4. The molecule has 2 aromatic rings. The molecule has 3 rings (SSSR count). The van der Waals surface area contributed by atoms with Gasteiger partial charge >= 0.3 is 6.18 Å². The molecule has 2 unspecified atom stereocenters. The van der Waals surface area contributed by atoms with E-state index >= 15 is 0 Å². The van der Waals surface area contributed by atoms with E-state index in [-0.39, 0.29) is 10.4 Å². The van der Waals surface area contributed by atoms with Gasteiger partial charge in [0.25, 0.3) is 0 Å². The van der Waals surface area contributed by atoms with E-state index in [2.05, 4.69) is 15.9 Å². The zero-order valence-electron chi connectivity index (χ0n) is 12.9. The van der Waals surface area contributed by atoms with Crippen LogP contribution < -0.4 is 4.74 Å². The van der Waals surface area contributed by atoms with Gasteiger partial charge in [0.15, 0.2) is 5.78 Å². The minimum atomic E-state index is -4.62. The summed E-state index contributed by atoms with van der Waals surface area (Å²) in [6, 6.07) is 8.97. The Morgan fingerprint density at radius 3 is 2.64 bits per heavy atom. The first-order valence-corrected chi connectivity index (χ1v) is 8.50. The molecule has 1 heterocycles. The first-order chi connectivity index (χ1) is 11.8. The number of fused-ring (bicyclic) bond motifs is 1. The van der Waals surface area contributed by atoms with Crippen LogP contribution in [0.3, 0.4) is 0 Å². The fraction of sp³-hybridized carbons (Fsp3) is 0.278. The number of aliphatic hydroxyl groups excluding tert-OH is 1. The maximum atomic E-state index is 13.1. The molecule has 1 aliphatic rings. The van der Waals surface area contributed by atoms with Gasteiger partial charge in [0.05, 0.1) is 18.3 Å². The van der Waals surface area contributed by atoms with Gasteiger partial charge in [-0.25, -0.2) is 0 Å². The standard InChI is InChI=1S/C18H14BrF3O3/c19-14-7-8-25-15-6-5-10(9-12(15)17(14)24)16(23)11-3-1-2-4-13(11)18(20,21)22/h1-6,9,14,17,24H,7-8H2. The quantitative estimate of drug-likeness (QED) is 0.580. The lowest BCUT2D eigenvalue weighted by Gasteiger charge is -2.16. The number of hydrogen-bond acceptors (Lipinski definition) is 3. The lowest BCUT2D eigenvalue weighted by Crippen LogP contribution is -2.15. The summed E-state index contributed by atoms with van der Waals surface area (Å²) in [6.45, 7) is 0.393. The van der Waals surface area contributed by atoms with Crippen LogP contribution in [0.5, 0.6) is 5.75 Å². The highest BCUT2D eigenvalue weighted by Gasteiger charge is 2.35. The van der Waals surface area contributed by atoms with E-state index in [0.717, 1.165) is 12.1 Å². The summed E-state index contributed by atoms with van der Waals surface area (Å²) >= 11 is 3.35. The van der Waals surface area contributed by atoms with E-state index in [9.17, 15) is 23.1 Å². The Labute approximate surface area is 150 Å². The summed E-state index contributed by atoms with van der Waals surface area (Å²) in [5.74, 6) is -0.326. The molecule has 0 bridgehead atoms. The predicted octanol–water partition coefficient (Wildman–Crippen LogP) is 4.52. The lowest BCUT2D eigenvalue weighted by molar-refractivity contribution is -0.137. The topological polar surface area (TPSA) is 46.5 Å². The van der Waals surface area contributed by atoms with Crippen molar-refractivity contribution in [3.05, 3.63) is 64.7 Å². The molecule has 0 radical (unpaired) electrons. The SMILES string of the molecule is O=C(c1ccc2c(c1)C(O)C(Br)CCO2)c1ccccc1C(F)(F)F. The number of hydrogen-bond donors (Lipinski definition) is 1. The van der Waals surface area contributed by atoms with Crippen LogP contribution in [0.25, 0.3) is 0 Å². The molecule has 0 aliphatic carbocycles. The van der Waals surface area contributed by atoms with E-state index < -0.39 is 29.2 Å². The Kier molecular flexibility index (Phi) is 4.88. The van der Waals surface area contributed by atoms with Crippen LogP contribution in [0.1, 0.15) is 39.6 Å². The van der Waals surface area contributed by atoms with Gasteiger partial charge < -0.3 is 9.84 Å². The normalized spacial score (nSPS) is 20.4. The summed E-state index contributed by atoms with van der Waals surface area (Å²) < 4.78 is 45.0. The molecule has 0 spiro atoms. The Bertz CT molecular complexity index is 804. The van der Waals surface area contributed by atoms with Crippen molar-refractivity contribution < 1.29 is 27.8 Å². The molecule has 7 heteroatoms. The highest BCUT2D eigenvalue weighted by atomic mass is 79.9. The predicted molar refractivity (Wildman–Crippen MR) is 89.1 cm³/mol. The van der Waals surface area contributed by atoms with Gasteiger partial charge in [-0.15, -0.1) is 0 Å². The Balaban J connectivity index is 2.04. The number of ether oxygens (including phenoxy) is 1. The number of rotatable bonds is 2. The molecule has 0 saturated carbocycles. The molecule has 0 aromatic heterocycles. The summed E-state index contributed by atoms with van der Waals surface area (Å²) in [6.07, 6.45) is -4.97. The molecular formula is C18H14BrF3O3. The van der Waals surface area contributed by atoms with Crippen molar-refractivity contribution in [1.82, 2.24) is 0 Å². The number of benzene rings is 2. The van der Waals surface area contributed by atoms with Crippen molar-refractivity contribution in [3.8, 4) is 5.75 Å². The summed E-state index contributed by atoms with van der Waals surface area (Å²) in [4.78, 5) is 12.4. The minimum absolute atomic E-state index is 0.0692. The first-order valence-electron chi connectivity index (χ1n) is 7.59. The highest BCUT2D eigenvalue weighted by molar-refractivity contribution is 9.09. The van der Waals surface area contributed by atoms with Crippen molar-refractivity contribution in [2.24, 2.45) is 0 Å². The van der Waals surface area contributed by atoms with Crippen molar-refractivity contribution in [2.45, 2.75) is 23.5 Å². The molecule has 1 N–H and O–H groups in total. The van der Waals surface area contributed by atoms with Crippen LogP contribution in [-0.4, -0.2) is 22.3 Å². The van der Waals surface area contributed by atoms with E-state index in [4.69, 9.17) is 4.74 Å². The number of carbonyl (C=O) groups excluding carboxylic acids is 1. The van der Waals surface area contributed by atoms with E-state index in [1.165, 1.54) is 30.3 Å². The molecule has 2 atom stereocenters. The van der Waals surface area contributed by atoms with Gasteiger partial charge in [-0.3, -0.25) is 4.79 Å². The molecule has 25 heavy (non-hydrogen) atoms. The van der Waals surface area contributed by atoms with Gasteiger partial charge in [0.1, 0.15) is 5.75 Å². The molecule has 0 saturated heterocycles. The third-order valence-electron chi connectivity index (χ3n) is 4.06. The third kappa shape index (κ3) is 3.57. The van der Waals surface area contributed by atoms with Crippen LogP contribution in [0.2, 0.25) is 0 Å². The zero-order valence-corrected chi connectivity index (χ0v) is 14.5. The van der Waals surface area contributed by atoms with Gasteiger partial charge in [-0.1, -0.05) is 34.1 Å². The van der Waals surface area contributed by atoms with E-state index in [0.29, 0.717) is 24.3 Å². The molecule has 0 amide bonds. The van der Waals surface area contributed by atoms with Crippen LogP contribution >= 0.6 is 15.9 Å². The second-order valence-corrected chi connectivity index (χ2v) is 6.90. The van der Waals surface area contributed by atoms with Crippen LogP contribution in [-0.2, 0) is 6.18 Å². The highest BCUT2D eigenvalue weighted by Crippen LogP contribution is 2.37. The van der Waals surface area contributed by atoms with Gasteiger partial charge in [-0.05, 0) is 30.7 Å². The Morgan fingerprint density at radius 2 is 1.92 bits per heavy atom. The smallest absolute Gasteiger partial charge is 0.417 e. The fourth-order valence-corrected chi connectivity index (χ4v) is 3.24. The van der Waals surface area contributed by atoms with Crippen molar-refractivity contribution >= 4 is 21.7 Å². The zero-order chi connectivity index (χ0) is 18.2. The van der Waals surface area contributed by atoms with E-state index in [1.54, 1.807) is 0 Å². The second kappa shape index (κ2) is 6.80. The average molecular weight is 415 g/mol. The van der Waals surface area contributed by atoms with Crippen molar-refractivity contribution in [3.63, 3.8) is 0 Å². The lowest BCUT2D eigenvalue weighted by atomic mass is 9.95. The van der Waals surface area contributed by atoms with Gasteiger partial charge in [0, 0.05) is 21.5 Å². The van der Waals surface area contributed by atoms with Crippen LogP contribution in [0.4, 0.5) is 13.2 Å². The van der Waals surface area contributed by atoms with Gasteiger partial charge in [-0.2, -0.15) is 13.2 Å². The van der Waals surface area contributed by atoms with E-state index in [1.807, 2.05) is 0 Å². The minimum Gasteiger partial charge on any atom is -0.493 e. The molecular weight excluding hydrogens is 401 g/mol. The summed E-state index contributed by atoms with van der Waals surface area (Å²) in [5.41, 5.74) is -0.950. The van der Waals surface area contributed by atoms with Crippen LogP contribution in [0.15, 0.2) is 42.5 Å². The number of halogens is 4. The van der Waals surface area contributed by atoms with Crippen molar-refractivity contribution in [2.75, 3.05) is 6.61 Å². The second-order valence-electron chi connectivity index (χ2n) is 5.72. The number of ketones is 1. The molecule has 2 aromatic carbocycles. The third-order valence-corrected chi connectivity index (χ3v) is 5.02. The summed E-state index contributed by atoms with van der Waals surface area (Å²) in [7, 11) is 0. The van der Waals surface area contributed by atoms with Gasteiger partial charge in [0.2, 0.25) is 0 Å². The van der Waals surface area contributed by atoms with Crippen LogP contribution in [0, 0.1) is 0 Å². The first kappa shape index (κ1) is 17.9. The molecule has 132 valence electrons. The monoisotopic (exact) mass is 414 g/mol. The van der Waals surface area contributed by atoms with Crippen molar-refractivity contribution in [1.29, 1.82) is 0 Å². The Hall–Kier alpha value is -1.86. The molecule has 3 nitrogen and oxygen atoms in total.